The Hall–Kier alpha value is -15.1. The summed E-state index contributed by atoms with van der Waals surface area (Å²) in [6.07, 6.45) is 20.6. The van der Waals surface area contributed by atoms with Crippen LogP contribution in [0.2, 0.25) is 5.02 Å². The zero-order chi connectivity index (χ0) is 102. The van der Waals surface area contributed by atoms with Crippen molar-refractivity contribution in [1.82, 2.24) is 9.15 Å². The average Bonchev–Trinajstić information content (AvgIpc) is 0.709. The van der Waals surface area contributed by atoms with Crippen LogP contribution >= 0.6 is 11.6 Å². The van der Waals surface area contributed by atoms with Gasteiger partial charge < -0.3 is 108 Å². The third-order valence-electron chi connectivity index (χ3n) is 28.0. The minimum Gasteiger partial charge on any atom is -0.493 e. The highest BCUT2D eigenvalue weighted by atomic mass is 35.5. The zero-order valence-corrected chi connectivity index (χ0v) is 81.9. The predicted molar refractivity (Wildman–Crippen MR) is 539 cm³/mol. The van der Waals surface area contributed by atoms with Crippen molar-refractivity contribution in [2.75, 3.05) is 187 Å². The second-order valence-electron chi connectivity index (χ2n) is 37.9. The molecule has 10 heterocycles. The molecule has 0 fully saturated rings. The minimum atomic E-state index is -1.32. The van der Waals surface area contributed by atoms with Crippen LogP contribution in [0.15, 0.2) is 95.2 Å². The molecule has 0 unspecified atom stereocenters. The first-order valence-electron chi connectivity index (χ1n) is 50.1. The first kappa shape index (κ1) is 102. The maximum atomic E-state index is 14.7. The van der Waals surface area contributed by atoms with E-state index < -0.39 is 106 Å². The molecule has 8 aromatic carbocycles. The molecule has 0 spiro atoms. The van der Waals surface area contributed by atoms with Gasteiger partial charge in [-0.2, -0.15) is 0 Å². The van der Waals surface area contributed by atoms with Crippen LogP contribution in [0.3, 0.4) is 0 Å². The van der Waals surface area contributed by atoms with Crippen molar-refractivity contribution in [1.29, 1.82) is 0 Å². The predicted octanol–water partition coefficient (Wildman–Crippen LogP) is 12.4. The number of rotatable bonds is 48. The highest BCUT2D eigenvalue weighted by Gasteiger charge is 2.42. The van der Waals surface area contributed by atoms with Gasteiger partial charge in [0.25, 0.3) is 0 Å². The largest absolute Gasteiger partial charge is 0.493 e. The summed E-state index contributed by atoms with van der Waals surface area (Å²) in [4.78, 5) is 113. The van der Waals surface area contributed by atoms with Crippen molar-refractivity contribution >= 4 is 105 Å². The number of fused-ring (bicyclic) bond motifs is 8. The van der Waals surface area contributed by atoms with Gasteiger partial charge in [0.05, 0.1) is 47.1 Å². The maximum absolute atomic E-state index is 14.7. The summed E-state index contributed by atoms with van der Waals surface area (Å²) in [5.41, 5.74) is 34.6. The molecule has 8 N–H and O–H groups in total. The number of carbonyl (C=O) groups is 8. The molecule has 0 aliphatic carbocycles. The first-order valence-corrected chi connectivity index (χ1v) is 50.5. The number of aliphatic carboxylic acids is 8. The van der Waals surface area contributed by atoms with E-state index in [2.05, 4.69) is 63.3 Å². The van der Waals surface area contributed by atoms with Crippen molar-refractivity contribution in [2.24, 2.45) is 10.2 Å². The van der Waals surface area contributed by atoms with Gasteiger partial charge in [-0.25, -0.2) is 13.5 Å². The number of nitrogens with zero attached hydrogens (tertiary/aromatic N) is 14. The van der Waals surface area contributed by atoms with Crippen LogP contribution in [0.25, 0.3) is 32.0 Å². The number of ether oxygens (including phenoxy) is 8. The Morgan fingerprint density at radius 2 is 0.699 bits per heavy atom. The number of anilines is 6. The number of unbranched alkanes of at least 4 members (excludes halogenated alkanes) is 6. The van der Waals surface area contributed by atoms with Crippen LogP contribution in [0, 0.1) is 5.82 Å². The Morgan fingerprint density at radius 1 is 0.356 bits per heavy atom. The fourth-order valence-electron chi connectivity index (χ4n) is 22.3. The van der Waals surface area contributed by atoms with Crippen molar-refractivity contribution in [2.45, 2.75) is 154 Å². The van der Waals surface area contributed by atoms with E-state index in [1.54, 1.807) is 24.3 Å². The molecule has 0 aromatic heterocycles. The summed E-state index contributed by atoms with van der Waals surface area (Å²) in [5.74, 6) is -6.89. The number of benzene rings is 8. The van der Waals surface area contributed by atoms with Gasteiger partial charge in [0.2, 0.25) is 10.7 Å². The molecule has 0 radical (unpaired) electrons. The molecule has 0 atom stereocenters. The smallest absolute Gasteiger partial charge is 0.323 e. The van der Waals surface area contributed by atoms with Crippen molar-refractivity contribution in [3.8, 4) is 57.5 Å². The molecule has 40 heteroatoms. The first-order chi connectivity index (χ1) is 70.8. The molecule has 0 saturated carbocycles. The summed E-state index contributed by atoms with van der Waals surface area (Å²) < 4.78 is 72.9. The molecule has 0 saturated heterocycles. The van der Waals surface area contributed by atoms with Crippen LogP contribution in [-0.2, 0) is 89.7 Å². The van der Waals surface area contributed by atoms with Crippen LogP contribution in [0.4, 0.5) is 38.5 Å². The quantitative estimate of drug-likeness (QED) is 0.00577. The Balaban J connectivity index is 0.000000200. The molecule has 18 rings (SSSR count). The molecule has 38 nitrogen and oxygen atoms in total. The fourth-order valence-corrected chi connectivity index (χ4v) is 22.5. The van der Waals surface area contributed by atoms with Crippen molar-refractivity contribution < 1.29 is 121 Å². The average molecular weight is 2030 g/mol. The van der Waals surface area contributed by atoms with E-state index in [0.717, 1.165) is 276 Å². The summed E-state index contributed by atoms with van der Waals surface area (Å²) >= 11 is 6.29. The Bertz CT molecular complexity index is 6790. The van der Waals surface area contributed by atoms with Gasteiger partial charge in [-0.15, -0.1) is 0 Å². The van der Waals surface area contributed by atoms with Gasteiger partial charge >= 0.3 is 47.8 Å². The van der Waals surface area contributed by atoms with Gasteiger partial charge in [0, 0.05) is 175 Å². The molecule has 768 valence electrons. The fraction of sp³-hybridized carbons (Fsp3) is 0.453. The van der Waals surface area contributed by atoms with Crippen LogP contribution in [0.5, 0.6) is 57.5 Å². The Morgan fingerprint density at radius 3 is 1.10 bits per heavy atom. The molecular weight excluding hydrogens is 1910 g/mol. The third-order valence-corrected chi connectivity index (χ3v) is 28.2. The number of carboxylic acids is 8. The van der Waals surface area contributed by atoms with Gasteiger partial charge in [-0.3, -0.25) is 38.4 Å². The van der Waals surface area contributed by atoms with Crippen LogP contribution < -0.4 is 97.6 Å². The van der Waals surface area contributed by atoms with Gasteiger partial charge in [-0.05, 0) is 192 Å². The third kappa shape index (κ3) is 23.3. The maximum Gasteiger partial charge on any atom is 0.323 e. The zero-order valence-electron chi connectivity index (χ0n) is 81.2. The Kier molecular flexibility index (Phi) is 32.8. The Labute approximate surface area is 844 Å². The molecule has 10 aliphatic rings. The number of carboxylic acid groups (broad SMARTS) is 8. The van der Waals surface area contributed by atoms with Gasteiger partial charge in [0.15, 0.2) is 0 Å². The molecular formula is C106H118ClFN14O24+2. The summed E-state index contributed by atoms with van der Waals surface area (Å²) in [7, 11) is 0. The van der Waals surface area contributed by atoms with Crippen LogP contribution in [-0.4, -0.2) is 246 Å². The summed E-state index contributed by atoms with van der Waals surface area (Å²) in [6, 6.07) is 23.5. The number of hydrogen-bond acceptors (Lipinski definition) is 24. The van der Waals surface area contributed by atoms with Crippen molar-refractivity contribution in [3.63, 3.8) is 0 Å². The van der Waals surface area contributed by atoms with E-state index in [-0.39, 0.29) is 90.4 Å². The number of halogens is 2. The minimum absolute atomic E-state index is 0.0131. The van der Waals surface area contributed by atoms with Crippen LogP contribution in [0.1, 0.15) is 169 Å². The van der Waals surface area contributed by atoms with E-state index in [1.165, 1.54) is 89.5 Å². The van der Waals surface area contributed by atoms with Gasteiger partial charge in [-0.1, -0.05) is 47.5 Å². The SMILES string of the molecule is [N-]=[N+]=NCCCCCCOc1cc(OCCOc2cc(F)ccc2N(CC(=O)O)CC(=O)O)c(N(CC(=O)O)CC(=O)O)cc1C1=c2cc3c4c(c2Oc2c1cc1c5c2CCCN5CCC1)CCC[N+]=4CCC3.[N-]=[N+]=NCCCCCCOc1cc(OCCOc2ccc(Cl)cc2N(CC(=O)O)CC(=O)O)c(N(CC(=O)O)CC(=O)O)cc1C1=c2cc3c4c(c2Oc2c1cc1c5c2CCCN5CCC1)CCC[N+]=4CCC3. The van der Waals surface area contributed by atoms with Gasteiger partial charge in [0.1, 0.15) is 168 Å². The van der Waals surface area contributed by atoms with E-state index in [0.29, 0.717) is 55.0 Å². The number of aryl methyl sites for hydroxylation is 4. The standard InChI is InChI=1S/C53H58ClN7O12.C53H58FN7O12/c54-34-13-14-42(40(25-34)60(28-45(62)63)29-46(64)65)71-21-22-72-44-27-43(70-20-4-2-1-3-15-56-57-55)37(26-41(44)61(30-47(66)67)31-48(68)69)49-38-23-32-9-5-16-58-18-7-11-35(50(32)58)52(38)73-53-36-12-8-19-59-17-6-10-33(51(36)59)24-39(49)53;54-34-13-14-40(60(28-45(62)63)29-46(64)65)43(25-34)71-21-22-72-44-27-42(70-20-4-2-1-3-15-56-57-55)37(26-41(44)61(30-47(66)67)31-48(68)69)49-38-23-32-9-5-16-58-18-7-11-35(50(32)58)52(38)73-53-36-12-8-19-59-17-6-10-33(51(36)59)24-39(49)53/h2*13-14,23-27H,1-12,15-22,28-31H2,(H3-,62,63,64,65,66,67,68,69)/p+2. The number of azide groups is 2. The monoisotopic (exact) mass is 2020 g/mol. The van der Waals surface area contributed by atoms with E-state index >= 15 is 0 Å². The van der Waals surface area contributed by atoms with E-state index in [1.807, 2.05) is 0 Å². The highest BCUT2D eigenvalue weighted by Crippen LogP contribution is 2.54. The lowest BCUT2D eigenvalue weighted by atomic mass is 9.82. The van der Waals surface area contributed by atoms with E-state index in [9.17, 15) is 83.6 Å². The van der Waals surface area contributed by atoms with E-state index in [4.69, 9.17) is 60.6 Å². The lowest BCUT2D eigenvalue weighted by Crippen LogP contribution is -2.45. The normalized spacial score (nSPS) is 14.8. The second-order valence-corrected chi connectivity index (χ2v) is 38.4. The van der Waals surface area contributed by atoms with Crippen molar-refractivity contribution in [3.05, 3.63) is 205 Å². The molecule has 146 heavy (non-hydrogen) atoms. The lowest BCUT2D eigenvalue weighted by molar-refractivity contribution is -0.138. The topological polar surface area (TPSA) is 495 Å². The molecule has 0 amide bonds. The summed E-state index contributed by atoms with van der Waals surface area (Å²) in [5, 5.41) is 91.2. The lowest BCUT2D eigenvalue weighted by Gasteiger charge is -2.39. The second kappa shape index (κ2) is 46.7. The summed E-state index contributed by atoms with van der Waals surface area (Å²) in [6.45, 7) is 2.59. The molecule has 8 aromatic rings. The highest BCUT2D eigenvalue weighted by molar-refractivity contribution is 6.31. The number of hydrogen-bond donors (Lipinski definition) is 8. The molecule has 0 bridgehead atoms. The molecule has 10 aliphatic heterocycles.